The van der Waals surface area contributed by atoms with Crippen LogP contribution in [0.4, 0.5) is 0 Å². The molecule has 34 heavy (non-hydrogen) atoms. The van der Waals surface area contributed by atoms with Crippen LogP contribution >= 0.6 is 0 Å². The summed E-state index contributed by atoms with van der Waals surface area (Å²) in [5.41, 5.74) is 2.35. The standard InChI is InChI=1S/C28H28N2O4/c1-2-30-20-24(28(32)33)27(31)23-14-9-15-25(26(23)30)34-17-16-29(18-21-10-5-3-6-11-21)19-22-12-7-4-8-13-22/h3-15,20H,2,16-19H2,1H3,(H,32,33). The van der Waals surface area contributed by atoms with Gasteiger partial charge in [0.2, 0.25) is 5.43 Å². The maximum absolute atomic E-state index is 12.7. The number of hydrogen-bond acceptors (Lipinski definition) is 4. The topological polar surface area (TPSA) is 71.8 Å². The second kappa shape index (κ2) is 10.8. The second-order valence-electron chi connectivity index (χ2n) is 8.15. The highest BCUT2D eigenvalue weighted by Gasteiger charge is 2.17. The lowest BCUT2D eigenvalue weighted by Gasteiger charge is -2.23. The third-order valence-corrected chi connectivity index (χ3v) is 5.79. The van der Waals surface area contributed by atoms with Crippen LogP contribution in [-0.2, 0) is 19.6 Å². The summed E-state index contributed by atoms with van der Waals surface area (Å²) in [7, 11) is 0. The van der Waals surface area contributed by atoms with E-state index in [1.165, 1.54) is 17.3 Å². The smallest absolute Gasteiger partial charge is 0.341 e. The lowest BCUT2D eigenvalue weighted by molar-refractivity contribution is 0.0695. The van der Waals surface area contributed by atoms with E-state index in [1.54, 1.807) is 16.7 Å². The van der Waals surface area contributed by atoms with Gasteiger partial charge < -0.3 is 14.4 Å². The molecule has 1 N–H and O–H groups in total. The number of pyridine rings is 1. The van der Waals surface area contributed by atoms with Gasteiger partial charge in [-0.05, 0) is 30.2 Å². The minimum atomic E-state index is -1.22. The van der Waals surface area contributed by atoms with Gasteiger partial charge >= 0.3 is 5.97 Å². The molecule has 0 amide bonds. The Morgan fingerprint density at radius 2 is 1.53 bits per heavy atom. The van der Waals surface area contributed by atoms with Crippen molar-refractivity contribution < 1.29 is 14.6 Å². The van der Waals surface area contributed by atoms with E-state index in [0.717, 1.165) is 13.1 Å². The monoisotopic (exact) mass is 456 g/mol. The highest BCUT2D eigenvalue weighted by Crippen LogP contribution is 2.24. The number of carbonyl (C=O) groups is 1. The summed E-state index contributed by atoms with van der Waals surface area (Å²) in [4.78, 5) is 26.6. The first-order valence-corrected chi connectivity index (χ1v) is 11.4. The fourth-order valence-electron chi connectivity index (χ4n) is 4.13. The van der Waals surface area contributed by atoms with E-state index in [2.05, 4.69) is 29.2 Å². The van der Waals surface area contributed by atoms with Crippen molar-refractivity contribution in [3.8, 4) is 5.75 Å². The molecule has 4 rings (SSSR count). The number of ether oxygens (including phenoxy) is 1. The molecular weight excluding hydrogens is 428 g/mol. The number of fused-ring (bicyclic) bond motifs is 1. The highest BCUT2D eigenvalue weighted by atomic mass is 16.5. The predicted molar refractivity (Wildman–Crippen MR) is 133 cm³/mol. The normalized spacial score (nSPS) is 11.1. The van der Waals surface area contributed by atoms with E-state index in [1.807, 2.05) is 49.4 Å². The molecule has 0 unspecified atom stereocenters. The molecule has 174 valence electrons. The maximum Gasteiger partial charge on any atom is 0.341 e. The molecule has 0 saturated carbocycles. The van der Waals surface area contributed by atoms with Gasteiger partial charge in [0.25, 0.3) is 0 Å². The van der Waals surface area contributed by atoms with Crippen molar-refractivity contribution in [3.05, 3.63) is 112 Å². The molecule has 4 aromatic rings. The summed E-state index contributed by atoms with van der Waals surface area (Å²) in [6.45, 7) is 5.12. The molecule has 0 spiro atoms. The SMILES string of the molecule is CCn1cc(C(=O)O)c(=O)c2cccc(OCCN(Cc3ccccc3)Cc3ccccc3)c21. The average Bonchev–Trinajstić information content (AvgIpc) is 2.85. The van der Waals surface area contributed by atoms with Gasteiger partial charge in [0, 0.05) is 32.4 Å². The van der Waals surface area contributed by atoms with Crippen LogP contribution in [-0.4, -0.2) is 33.7 Å². The fourth-order valence-corrected chi connectivity index (χ4v) is 4.13. The first kappa shape index (κ1) is 23.3. The van der Waals surface area contributed by atoms with Crippen molar-refractivity contribution in [2.45, 2.75) is 26.6 Å². The summed E-state index contributed by atoms with van der Waals surface area (Å²) in [5.74, 6) is -0.648. The molecule has 0 saturated heterocycles. The Kier molecular flexibility index (Phi) is 7.40. The molecule has 0 radical (unpaired) electrons. The Hall–Kier alpha value is -3.90. The molecule has 1 aromatic heterocycles. The molecule has 0 bridgehead atoms. The van der Waals surface area contributed by atoms with E-state index in [9.17, 15) is 14.7 Å². The molecule has 3 aromatic carbocycles. The molecule has 0 aliphatic carbocycles. The average molecular weight is 457 g/mol. The fraction of sp³-hybridized carbons (Fsp3) is 0.214. The molecule has 0 fully saturated rings. The van der Waals surface area contributed by atoms with Gasteiger partial charge in [-0.25, -0.2) is 4.79 Å². The zero-order valence-corrected chi connectivity index (χ0v) is 19.2. The van der Waals surface area contributed by atoms with E-state index in [4.69, 9.17) is 4.74 Å². The lowest BCUT2D eigenvalue weighted by atomic mass is 10.1. The zero-order valence-electron chi connectivity index (χ0n) is 19.2. The van der Waals surface area contributed by atoms with E-state index in [-0.39, 0.29) is 5.56 Å². The van der Waals surface area contributed by atoms with E-state index in [0.29, 0.717) is 36.3 Å². The lowest BCUT2D eigenvalue weighted by Crippen LogP contribution is -2.28. The number of aromatic nitrogens is 1. The molecule has 0 atom stereocenters. The van der Waals surface area contributed by atoms with Crippen LogP contribution in [0.3, 0.4) is 0 Å². The largest absolute Gasteiger partial charge is 0.490 e. The minimum Gasteiger partial charge on any atom is -0.490 e. The van der Waals surface area contributed by atoms with Crippen molar-refractivity contribution in [1.82, 2.24) is 9.47 Å². The first-order valence-electron chi connectivity index (χ1n) is 11.4. The Balaban J connectivity index is 1.56. The number of aromatic carboxylic acids is 1. The first-order chi connectivity index (χ1) is 16.6. The number of para-hydroxylation sites is 1. The third-order valence-electron chi connectivity index (χ3n) is 5.79. The maximum atomic E-state index is 12.7. The summed E-state index contributed by atoms with van der Waals surface area (Å²) in [6.07, 6.45) is 1.40. The molecule has 0 aliphatic rings. The number of hydrogen-bond donors (Lipinski definition) is 1. The van der Waals surface area contributed by atoms with Crippen molar-refractivity contribution in [1.29, 1.82) is 0 Å². The van der Waals surface area contributed by atoms with Gasteiger partial charge in [-0.1, -0.05) is 66.7 Å². The van der Waals surface area contributed by atoms with Crippen LogP contribution in [0.1, 0.15) is 28.4 Å². The molecule has 1 heterocycles. The Bertz CT molecular complexity index is 1280. The molecule has 0 aliphatic heterocycles. The van der Waals surface area contributed by atoms with Crippen LogP contribution in [0.2, 0.25) is 0 Å². The second-order valence-corrected chi connectivity index (χ2v) is 8.15. The number of benzene rings is 3. The van der Waals surface area contributed by atoms with Gasteiger partial charge in [-0.3, -0.25) is 9.69 Å². The molecule has 6 heteroatoms. The van der Waals surface area contributed by atoms with Gasteiger partial charge in [-0.2, -0.15) is 0 Å². The number of carboxylic acid groups (broad SMARTS) is 1. The highest BCUT2D eigenvalue weighted by molar-refractivity contribution is 5.94. The third kappa shape index (κ3) is 5.35. The van der Waals surface area contributed by atoms with Crippen molar-refractivity contribution in [3.63, 3.8) is 0 Å². The Labute approximate surface area is 198 Å². The van der Waals surface area contributed by atoms with Crippen LogP contribution in [0.15, 0.2) is 89.9 Å². The summed E-state index contributed by atoms with van der Waals surface area (Å²) >= 11 is 0. The number of carboxylic acids is 1. The number of nitrogens with zero attached hydrogens (tertiary/aromatic N) is 2. The van der Waals surface area contributed by atoms with Crippen LogP contribution in [0, 0.1) is 0 Å². The van der Waals surface area contributed by atoms with Gasteiger partial charge in [0.05, 0.1) is 10.9 Å². The summed E-state index contributed by atoms with van der Waals surface area (Å²) in [5, 5.41) is 9.76. The Morgan fingerprint density at radius 3 is 2.09 bits per heavy atom. The van der Waals surface area contributed by atoms with E-state index < -0.39 is 11.4 Å². The van der Waals surface area contributed by atoms with Crippen molar-refractivity contribution in [2.75, 3.05) is 13.2 Å². The van der Waals surface area contributed by atoms with Crippen LogP contribution in [0.5, 0.6) is 5.75 Å². The Morgan fingerprint density at radius 1 is 0.912 bits per heavy atom. The van der Waals surface area contributed by atoms with Gasteiger partial charge in [0.1, 0.15) is 17.9 Å². The number of rotatable bonds is 10. The molecular formula is C28H28N2O4. The van der Waals surface area contributed by atoms with Gasteiger partial charge in [-0.15, -0.1) is 0 Å². The summed E-state index contributed by atoms with van der Waals surface area (Å²) in [6, 6.07) is 25.9. The van der Waals surface area contributed by atoms with Crippen molar-refractivity contribution in [2.24, 2.45) is 0 Å². The summed E-state index contributed by atoms with van der Waals surface area (Å²) < 4.78 is 7.94. The quantitative estimate of drug-likeness (QED) is 0.371. The van der Waals surface area contributed by atoms with Crippen molar-refractivity contribution >= 4 is 16.9 Å². The van der Waals surface area contributed by atoms with Crippen LogP contribution < -0.4 is 10.2 Å². The zero-order chi connectivity index (χ0) is 23.9. The minimum absolute atomic E-state index is 0.233. The predicted octanol–water partition coefficient (Wildman–Crippen LogP) is 4.80. The molecule has 6 nitrogen and oxygen atoms in total. The van der Waals surface area contributed by atoms with E-state index >= 15 is 0 Å². The van der Waals surface area contributed by atoms with Gasteiger partial charge in [0.15, 0.2) is 0 Å². The van der Waals surface area contributed by atoms with Crippen LogP contribution in [0.25, 0.3) is 10.9 Å². The number of aryl methyl sites for hydroxylation is 1.